The minimum Gasteiger partial charge on any atom is -0.355 e. The highest BCUT2D eigenvalue weighted by molar-refractivity contribution is 6.32. The first-order valence-corrected chi connectivity index (χ1v) is 10.0. The molecule has 2 fully saturated rings. The number of fused-ring (bicyclic) bond motifs is 4. The van der Waals surface area contributed by atoms with Crippen LogP contribution in [0.15, 0.2) is 18.2 Å². The van der Waals surface area contributed by atoms with Gasteiger partial charge in [-0.1, -0.05) is 17.7 Å². The molecule has 8 heteroatoms. The van der Waals surface area contributed by atoms with Gasteiger partial charge in [-0.3, -0.25) is 19.8 Å². The van der Waals surface area contributed by atoms with Crippen LogP contribution in [0, 0.1) is 5.41 Å². The van der Waals surface area contributed by atoms with E-state index in [1.165, 1.54) is 9.80 Å². The Morgan fingerprint density at radius 3 is 2.64 bits per heavy atom. The molecule has 3 aliphatic heterocycles. The molecule has 3 atom stereocenters. The predicted octanol–water partition coefficient (Wildman–Crippen LogP) is 0.463. The summed E-state index contributed by atoms with van der Waals surface area (Å²) >= 11 is 6.50. The third-order valence-electron chi connectivity index (χ3n) is 6.21. The average molecular weight is 406 g/mol. The number of urea groups is 1. The minimum atomic E-state index is -1.37. The van der Waals surface area contributed by atoms with Crippen molar-refractivity contribution >= 4 is 35.1 Å². The second-order valence-electron chi connectivity index (χ2n) is 9.08. The van der Waals surface area contributed by atoms with Gasteiger partial charge in [0, 0.05) is 22.7 Å². The van der Waals surface area contributed by atoms with Crippen molar-refractivity contribution in [1.82, 2.24) is 10.2 Å². The Labute approximate surface area is 169 Å². The lowest BCUT2D eigenvalue weighted by atomic mass is 9.67. The van der Waals surface area contributed by atoms with Crippen LogP contribution in [0.25, 0.3) is 0 Å². The number of carbonyl (C=O) groups is 3. The number of barbiturate groups is 1. The number of hydrogen-bond acceptors (Lipinski definition) is 4. The molecule has 4 amide bonds. The average Bonchev–Trinajstić information content (AvgIpc) is 2.59. The molecule has 0 radical (unpaired) electrons. The van der Waals surface area contributed by atoms with Crippen molar-refractivity contribution in [3.05, 3.63) is 28.8 Å². The van der Waals surface area contributed by atoms with Crippen LogP contribution in [-0.4, -0.2) is 61.0 Å². The highest BCUT2D eigenvalue weighted by Crippen LogP contribution is 2.47. The molecule has 2 saturated heterocycles. The molecule has 28 heavy (non-hydrogen) atoms. The highest BCUT2D eigenvalue weighted by Gasteiger charge is 2.65. The topological polar surface area (TPSA) is 74.2 Å². The number of nitrogens with zero attached hydrogens (tertiary/aromatic N) is 2. The number of hydrogen-bond donors (Lipinski definition) is 2. The van der Waals surface area contributed by atoms with Crippen LogP contribution in [0.5, 0.6) is 0 Å². The maximum absolute atomic E-state index is 13.8. The van der Waals surface area contributed by atoms with Gasteiger partial charge in [0.15, 0.2) is 5.41 Å². The minimum absolute atomic E-state index is 0.195. The van der Waals surface area contributed by atoms with Gasteiger partial charge < -0.3 is 9.80 Å². The van der Waals surface area contributed by atoms with Gasteiger partial charge in [-0.15, -0.1) is 0 Å². The lowest BCUT2D eigenvalue weighted by Gasteiger charge is -2.55. The van der Waals surface area contributed by atoms with Gasteiger partial charge in [0.1, 0.15) is 6.04 Å². The Morgan fingerprint density at radius 2 is 1.96 bits per heavy atom. The van der Waals surface area contributed by atoms with Gasteiger partial charge in [-0.2, -0.15) is 0 Å². The molecule has 2 N–H and O–H groups in total. The van der Waals surface area contributed by atoms with Gasteiger partial charge in [0.05, 0.1) is 26.7 Å². The summed E-state index contributed by atoms with van der Waals surface area (Å²) in [5, 5.41) is 3.02. The molecular weight excluding hydrogens is 380 g/mol. The molecule has 1 aromatic carbocycles. The smallest absolute Gasteiger partial charge is 0.331 e. The van der Waals surface area contributed by atoms with Crippen LogP contribution in [0.1, 0.15) is 26.3 Å². The zero-order valence-electron chi connectivity index (χ0n) is 16.6. The molecule has 0 aliphatic carbocycles. The summed E-state index contributed by atoms with van der Waals surface area (Å²) in [5.74, 6) is -0.942. The summed E-state index contributed by atoms with van der Waals surface area (Å²) in [4.78, 5) is 44.3. The molecule has 1 spiro atoms. The van der Waals surface area contributed by atoms with E-state index < -0.39 is 28.8 Å². The Kier molecular flexibility index (Phi) is 4.25. The van der Waals surface area contributed by atoms with Crippen molar-refractivity contribution < 1.29 is 19.3 Å². The van der Waals surface area contributed by atoms with Gasteiger partial charge in [-0.05, 0) is 38.5 Å². The third kappa shape index (κ3) is 2.56. The Hall–Kier alpha value is -2.12. The van der Waals surface area contributed by atoms with E-state index in [0.29, 0.717) is 11.6 Å². The van der Waals surface area contributed by atoms with Gasteiger partial charge >= 0.3 is 6.03 Å². The fourth-order valence-corrected chi connectivity index (χ4v) is 5.07. The maximum atomic E-state index is 13.8. The number of nitrogens with one attached hydrogen (secondary N) is 2. The quantitative estimate of drug-likeness (QED) is 0.615. The van der Waals surface area contributed by atoms with E-state index in [9.17, 15) is 14.4 Å². The summed E-state index contributed by atoms with van der Waals surface area (Å²) in [6.45, 7) is 7.65. The molecule has 150 valence electrons. The van der Waals surface area contributed by atoms with Crippen molar-refractivity contribution in [3.63, 3.8) is 0 Å². The van der Waals surface area contributed by atoms with Crippen LogP contribution < -0.4 is 15.1 Å². The largest absolute Gasteiger partial charge is 0.355 e. The number of benzene rings is 1. The number of quaternary nitrogens is 1. The number of carbonyl (C=O) groups excluding carboxylic acids is 3. The van der Waals surface area contributed by atoms with Crippen LogP contribution in [0.4, 0.5) is 10.5 Å². The Balaban J connectivity index is 1.93. The molecular formula is C20H26ClN4O3+. The van der Waals surface area contributed by atoms with Gasteiger partial charge in [0.2, 0.25) is 11.8 Å². The number of halogens is 1. The summed E-state index contributed by atoms with van der Waals surface area (Å²) < 4.78 is 0. The summed E-state index contributed by atoms with van der Waals surface area (Å²) in [6, 6.07) is 4.70. The zero-order valence-corrected chi connectivity index (χ0v) is 17.4. The SMILES string of the molecule is C[NH+]1CCN2c3cccc(Cl)c3C[C@@]3(C(=O)NC(=O)N(C(C)(C)C)C3=O)[C@H]2C1. The molecule has 0 bridgehead atoms. The first-order valence-electron chi connectivity index (χ1n) is 9.63. The van der Waals surface area contributed by atoms with Crippen molar-refractivity contribution in [2.45, 2.75) is 38.8 Å². The highest BCUT2D eigenvalue weighted by atomic mass is 35.5. The number of rotatable bonds is 0. The molecule has 7 nitrogen and oxygen atoms in total. The molecule has 1 aromatic rings. The van der Waals surface area contributed by atoms with E-state index >= 15 is 0 Å². The number of anilines is 1. The normalized spacial score (nSPS) is 30.2. The van der Waals surface area contributed by atoms with Gasteiger partial charge in [0.25, 0.3) is 0 Å². The standard InChI is InChI=1S/C20H25ClN4O3/c1-19(2,3)25-17(27)20(16(26)22-18(25)28)10-12-13(21)6-5-7-14(12)24-9-8-23(4)11-15(20)24/h5-7,15H,8-11H2,1-4H3,(H,22,26,28)/p+1/t15-,20+/m1/s1. The second kappa shape index (κ2) is 6.19. The third-order valence-corrected chi connectivity index (χ3v) is 6.56. The lowest BCUT2D eigenvalue weighted by molar-refractivity contribution is -0.883. The van der Waals surface area contributed by atoms with Crippen LogP contribution in [0.2, 0.25) is 5.02 Å². The molecule has 0 saturated carbocycles. The summed E-state index contributed by atoms with van der Waals surface area (Å²) in [5.41, 5.74) is -0.337. The van der Waals surface area contributed by atoms with Crippen LogP contribution >= 0.6 is 11.6 Å². The maximum Gasteiger partial charge on any atom is 0.331 e. The first kappa shape index (κ1) is 19.2. The van der Waals surface area contributed by atoms with Crippen molar-refractivity contribution in [3.8, 4) is 0 Å². The second-order valence-corrected chi connectivity index (χ2v) is 9.48. The molecule has 1 unspecified atom stereocenters. The van der Waals surface area contributed by atoms with Crippen LogP contribution in [0.3, 0.4) is 0 Å². The van der Waals surface area contributed by atoms with Crippen molar-refractivity contribution in [2.24, 2.45) is 5.41 Å². The van der Waals surface area contributed by atoms with Gasteiger partial charge in [-0.25, -0.2) is 4.79 Å². The fourth-order valence-electron chi connectivity index (χ4n) is 4.84. The lowest BCUT2D eigenvalue weighted by Crippen LogP contribution is -3.14. The zero-order chi connectivity index (χ0) is 20.4. The van der Waals surface area contributed by atoms with E-state index in [0.717, 1.165) is 24.3 Å². The number of amides is 4. The van der Waals surface area contributed by atoms with E-state index in [2.05, 4.69) is 17.3 Å². The monoisotopic (exact) mass is 405 g/mol. The van der Waals surface area contributed by atoms with E-state index in [1.54, 1.807) is 26.8 Å². The number of piperazine rings is 1. The molecule has 3 heterocycles. The fraction of sp³-hybridized carbons (Fsp3) is 0.550. The molecule has 4 rings (SSSR count). The molecule has 3 aliphatic rings. The number of imide groups is 2. The Bertz CT molecular complexity index is 881. The molecule has 0 aromatic heterocycles. The van der Waals surface area contributed by atoms with E-state index in [-0.39, 0.29) is 12.5 Å². The van der Waals surface area contributed by atoms with E-state index in [1.807, 2.05) is 12.1 Å². The van der Waals surface area contributed by atoms with Crippen molar-refractivity contribution in [1.29, 1.82) is 0 Å². The summed E-state index contributed by atoms with van der Waals surface area (Å²) in [6.07, 6.45) is 0.195. The van der Waals surface area contributed by atoms with E-state index in [4.69, 9.17) is 11.6 Å². The van der Waals surface area contributed by atoms with Crippen molar-refractivity contribution in [2.75, 3.05) is 31.6 Å². The predicted molar refractivity (Wildman–Crippen MR) is 105 cm³/mol. The first-order chi connectivity index (χ1) is 13.1. The Morgan fingerprint density at radius 1 is 1.25 bits per heavy atom. The summed E-state index contributed by atoms with van der Waals surface area (Å²) in [7, 11) is 2.07. The van der Waals surface area contributed by atoms with Crippen LogP contribution in [-0.2, 0) is 16.0 Å². The number of likely N-dealkylation sites (N-methyl/N-ethyl adjacent to an activating group) is 1.